The number of carbonyl (C=O) groups is 1. The third-order valence-electron chi connectivity index (χ3n) is 3.40. The average Bonchev–Trinajstić information content (AvgIpc) is 2.95. The van der Waals surface area contributed by atoms with E-state index in [0.29, 0.717) is 23.0 Å². The van der Waals surface area contributed by atoms with Crippen molar-refractivity contribution in [2.45, 2.75) is 12.8 Å². The summed E-state index contributed by atoms with van der Waals surface area (Å²) in [4.78, 5) is 16.5. The second-order valence-corrected chi connectivity index (χ2v) is 6.49. The maximum Gasteiger partial charge on any atom is 0.226 e. The van der Waals surface area contributed by atoms with E-state index in [1.807, 2.05) is 42.5 Å². The number of methoxy groups -OCH3 is 1. The number of aromatic nitrogens is 1. The number of hydrogen-bond acceptors (Lipinski definition) is 4. The van der Waals surface area contributed by atoms with Gasteiger partial charge in [0.15, 0.2) is 5.13 Å². The Morgan fingerprint density at radius 1 is 1.26 bits per heavy atom. The summed E-state index contributed by atoms with van der Waals surface area (Å²) in [6.07, 6.45) is 1.07. The molecule has 2 aromatic carbocycles. The second-order valence-electron chi connectivity index (χ2n) is 5.03. The molecule has 0 atom stereocenters. The predicted octanol–water partition coefficient (Wildman–Crippen LogP) is 4.53. The summed E-state index contributed by atoms with van der Waals surface area (Å²) in [5.41, 5.74) is 1.93. The van der Waals surface area contributed by atoms with Crippen LogP contribution in [0.3, 0.4) is 0 Å². The predicted molar refractivity (Wildman–Crippen MR) is 94.6 cm³/mol. The van der Waals surface area contributed by atoms with Gasteiger partial charge in [-0.15, -0.1) is 0 Å². The van der Waals surface area contributed by atoms with E-state index in [-0.39, 0.29) is 5.91 Å². The summed E-state index contributed by atoms with van der Waals surface area (Å²) in [6.45, 7) is 0. The highest BCUT2D eigenvalue weighted by Gasteiger charge is 2.09. The monoisotopic (exact) mass is 346 g/mol. The number of aryl methyl sites for hydroxylation is 1. The molecule has 0 aliphatic carbocycles. The standard InChI is InChI=1S/C17H15ClN2O2S/c1-22-13-7-8-14-15(10-13)23-17(19-14)20-16(21)9-4-11-2-5-12(18)6-3-11/h2-3,5-8,10H,4,9H2,1H3,(H,19,20,21). The number of benzene rings is 2. The second kappa shape index (κ2) is 6.98. The topological polar surface area (TPSA) is 51.2 Å². The zero-order chi connectivity index (χ0) is 16.2. The van der Waals surface area contributed by atoms with E-state index in [9.17, 15) is 4.79 Å². The van der Waals surface area contributed by atoms with E-state index in [1.165, 1.54) is 11.3 Å². The van der Waals surface area contributed by atoms with Gasteiger partial charge in [-0.1, -0.05) is 35.1 Å². The van der Waals surface area contributed by atoms with Crippen LogP contribution in [0.5, 0.6) is 5.75 Å². The number of nitrogens with one attached hydrogen (secondary N) is 1. The van der Waals surface area contributed by atoms with Gasteiger partial charge in [-0.25, -0.2) is 4.98 Å². The number of anilines is 1. The van der Waals surface area contributed by atoms with Crippen molar-refractivity contribution >= 4 is 44.2 Å². The van der Waals surface area contributed by atoms with Gasteiger partial charge in [-0.3, -0.25) is 4.79 Å². The Kier molecular flexibility index (Phi) is 4.79. The summed E-state index contributed by atoms with van der Waals surface area (Å²) in [5.74, 6) is 0.729. The molecule has 0 unspecified atom stereocenters. The van der Waals surface area contributed by atoms with E-state index >= 15 is 0 Å². The molecule has 0 saturated carbocycles. The van der Waals surface area contributed by atoms with Gasteiger partial charge >= 0.3 is 0 Å². The maximum absolute atomic E-state index is 12.1. The molecule has 6 heteroatoms. The van der Waals surface area contributed by atoms with E-state index in [1.54, 1.807) is 7.11 Å². The van der Waals surface area contributed by atoms with E-state index in [0.717, 1.165) is 21.5 Å². The average molecular weight is 347 g/mol. The molecule has 0 aliphatic rings. The number of carbonyl (C=O) groups excluding carboxylic acids is 1. The minimum absolute atomic E-state index is 0.0500. The smallest absolute Gasteiger partial charge is 0.226 e. The number of hydrogen-bond donors (Lipinski definition) is 1. The fraction of sp³-hybridized carbons (Fsp3) is 0.176. The highest BCUT2D eigenvalue weighted by molar-refractivity contribution is 7.22. The van der Waals surface area contributed by atoms with Gasteiger partial charge in [-0.05, 0) is 42.3 Å². The number of amides is 1. The quantitative estimate of drug-likeness (QED) is 0.738. The lowest BCUT2D eigenvalue weighted by molar-refractivity contribution is -0.116. The first-order chi connectivity index (χ1) is 11.1. The lowest BCUT2D eigenvalue weighted by Gasteiger charge is -2.02. The Hall–Kier alpha value is -2.11. The van der Waals surface area contributed by atoms with Crippen LogP contribution in [-0.4, -0.2) is 18.0 Å². The van der Waals surface area contributed by atoms with E-state index in [2.05, 4.69) is 10.3 Å². The van der Waals surface area contributed by atoms with Crippen molar-refractivity contribution in [3.8, 4) is 5.75 Å². The number of thiazole rings is 1. The molecule has 4 nitrogen and oxygen atoms in total. The molecular weight excluding hydrogens is 332 g/mol. The lowest BCUT2D eigenvalue weighted by atomic mass is 10.1. The zero-order valence-corrected chi connectivity index (χ0v) is 14.1. The number of fused-ring (bicyclic) bond motifs is 1. The minimum atomic E-state index is -0.0500. The third-order valence-corrected chi connectivity index (χ3v) is 4.58. The van der Waals surface area contributed by atoms with Crippen molar-refractivity contribution < 1.29 is 9.53 Å². The Balaban J connectivity index is 1.62. The Labute approximate surface area is 143 Å². The Bertz CT molecular complexity index is 830. The molecule has 0 fully saturated rings. The molecule has 0 radical (unpaired) electrons. The number of nitrogens with zero attached hydrogens (tertiary/aromatic N) is 1. The molecule has 118 valence electrons. The van der Waals surface area contributed by atoms with Crippen LogP contribution in [0.1, 0.15) is 12.0 Å². The van der Waals surface area contributed by atoms with Gasteiger partial charge in [0, 0.05) is 11.4 Å². The maximum atomic E-state index is 12.1. The molecule has 3 aromatic rings. The highest BCUT2D eigenvalue weighted by Crippen LogP contribution is 2.29. The van der Waals surface area contributed by atoms with Gasteiger partial charge in [0.2, 0.25) is 5.91 Å². The number of halogens is 1. The SMILES string of the molecule is COc1ccc2nc(NC(=O)CCc3ccc(Cl)cc3)sc2c1. The summed E-state index contributed by atoms with van der Waals surface area (Å²) in [7, 11) is 1.63. The lowest BCUT2D eigenvalue weighted by Crippen LogP contribution is -2.11. The van der Waals surface area contributed by atoms with Crippen LogP contribution in [0.4, 0.5) is 5.13 Å². The first kappa shape index (κ1) is 15.8. The third kappa shape index (κ3) is 4.00. The fourth-order valence-corrected chi connectivity index (χ4v) is 3.21. The van der Waals surface area contributed by atoms with Gasteiger partial charge in [0.1, 0.15) is 5.75 Å². The Morgan fingerprint density at radius 2 is 2.04 bits per heavy atom. The van der Waals surface area contributed by atoms with E-state index < -0.39 is 0 Å². The fourth-order valence-electron chi connectivity index (χ4n) is 2.18. The van der Waals surface area contributed by atoms with Crippen LogP contribution >= 0.6 is 22.9 Å². The summed E-state index contributed by atoms with van der Waals surface area (Å²) >= 11 is 7.29. The van der Waals surface area contributed by atoms with Crippen LogP contribution in [0.15, 0.2) is 42.5 Å². The van der Waals surface area contributed by atoms with E-state index in [4.69, 9.17) is 16.3 Å². The molecule has 1 N–H and O–H groups in total. The van der Waals surface area contributed by atoms with Crippen molar-refractivity contribution in [3.63, 3.8) is 0 Å². The molecule has 23 heavy (non-hydrogen) atoms. The normalized spacial score (nSPS) is 10.7. The van der Waals surface area contributed by atoms with Crippen LogP contribution in [-0.2, 0) is 11.2 Å². The van der Waals surface area contributed by atoms with Crippen molar-refractivity contribution in [1.29, 1.82) is 0 Å². The molecular formula is C17H15ClN2O2S. The van der Waals surface area contributed by atoms with Gasteiger partial charge < -0.3 is 10.1 Å². The molecule has 3 rings (SSSR count). The van der Waals surface area contributed by atoms with Crippen LogP contribution in [0.2, 0.25) is 5.02 Å². The van der Waals surface area contributed by atoms with Crippen LogP contribution < -0.4 is 10.1 Å². The van der Waals surface area contributed by atoms with Gasteiger partial charge in [0.05, 0.1) is 17.3 Å². The van der Waals surface area contributed by atoms with Crippen molar-refractivity contribution in [1.82, 2.24) is 4.98 Å². The van der Waals surface area contributed by atoms with Crippen molar-refractivity contribution in [2.75, 3.05) is 12.4 Å². The largest absolute Gasteiger partial charge is 0.497 e. The summed E-state index contributed by atoms with van der Waals surface area (Å²) in [5, 5.41) is 4.16. The molecule has 0 aliphatic heterocycles. The number of ether oxygens (including phenoxy) is 1. The van der Waals surface area contributed by atoms with Gasteiger partial charge in [0.25, 0.3) is 0 Å². The first-order valence-corrected chi connectivity index (χ1v) is 8.32. The van der Waals surface area contributed by atoms with Crippen molar-refractivity contribution in [2.24, 2.45) is 0 Å². The van der Waals surface area contributed by atoms with Crippen LogP contribution in [0, 0.1) is 0 Å². The molecule has 1 heterocycles. The zero-order valence-electron chi connectivity index (χ0n) is 12.5. The molecule has 1 amide bonds. The molecule has 0 spiro atoms. The van der Waals surface area contributed by atoms with Crippen molar-refractivity contribution in [3.05, 3.63) is 53.1 Å². The molecule has 0 bridgehead atoms. The summed E-state index contributed by atoms with van der Waals surface area (Å²) in [6, 6.07) is 13.2. The summed E-state index contributed by atoms with van der Waals surface area (Å²) < 4.78 is 6.17. The molecule has 0 saturated heterocycles. The highest BCUT2D eigenvalue weighted by atomic mass is 35.5. The Morgan fingerprint density at radius 3 is 2.78 bits per heavy atom. The first-order valence-electron chi connectivity index (χ1n) is 7.13. The molecule has 1 aromatic heterocycles. The van der Waals surface area contributed by atoms with Gasteiger partial charge in [-0.2, -0.15) is 0 Å². The minimum Gasteiger partial charge on any atom is -0.497 e. The van der Waals surface area contributed by atoms with Crippen LogP contribution in [0.25, 0.3) is 10.2 Å². The number of rotatable bonds is 5.